The molecule has 0 spiro atoms. The Morgan fingerprint density at radius 1 is 0.588 bits per heavy atom. The van der Waals surface area contributed by atoms with Gasteiger partial charge < -0.3 is 0 Å². The van der Waals surface area contributed by atoms with Crippen LogP contribution in [-0.4, -0.2) is 9.97 Å². The van der Waals surface area contributed by atoms with E-state index >= 15 is 0 Å². The first kappa shape index (κ1) is 12.6. The summed E-state index contributed by atoms with van der Waals surface area (Å²) in [6.07, 6.45) is 0. The summed E-state index contributed by atoms with van der Waals surface area (Å²) in [5.74, 6) is 0. The Labute approximate surface area is 111 Å². The van der Waals surface area contributed by atoms with Gasteiger partial charge in [0.2, 0.25) is 0 Å². The predicted octanol–water partition coefficient (Wildman–Crippen LogP) is 2.23. The fraction of sp³-hybridized carbons (Fsp3) is 0.429. The molecule has 0 amide bonds. The molecule has 2 nitrogen and oxygen atoms in total. The first-order valence-electron chi connectivity index (χ1n) is 5.85. The Morgan fingerprint density at radius 3 is 1.18 bits per heavy atom. The molecule has 17 heavy (non-hydrogen) atoms. The number of hydrogen-bond acceptors (Lipinski definition) is 0. The summed E-state index contributed by atoms with van der Waals surface area (Å²) in [5.41, 5.74) is 8.31. The molecule has 0 saturated carbocycles. The maximum absolute atomic E-state index is 3.54. The molecule has 0 radical (unpaired) electrons. The molecular formula is C14H20N2Ru. The number of aryl methyl sites for hydroxylation is 2. The maximum atomic E-state index is 3.54. The Bertz CT molecular complexity index is 511. The second-order valence-electron chi connectivity index (χ2n) is 4.69. The van der Waals surface area contributed by atoms with Crippen molar-refractivity contribution in [2.75, 3.05) is 0 Å². The topological polar surface area (TPSA) is 31.6 Å². The minimum atomic E-state index is 0.0806. The Morgan fingerprint density at radius 2 is 0.941 bits per heavy atom. The molecule has 2 rings (SSSR count). The molecule has 0 aliphatic heterocycles. The molecule has 0 unspecified atom stereocenters. The molecule has 3 heteroatoms. The third-order valence-corrected chi connectivity index (χ3v) is 6.26. The summed E-state index contributed by atoms with van der Waals surface area (Å²) in [6.45, 7) is 13.2. The van der Waals surface area contributed by atoms with Crippen LogP contribution in [0.15, 0.2) is 0 Å². The average molecular weight is 317 g/mol. The van der Waals surface area contributed by atoms with Crippen LogP contribution in [0.25, 0.3) is 0 Å². The third kappa shape index (κ3) is 2.13. The van der Waals surface area contributed by atoms with Gasteiger partial charge in [-0.05, 0) is 0 Å². The van der Waals surface area contributed by atoms with Gasteiger partial charge in [-0.3, -0.25) is 0 Å². The monoisotopic (exact) mass is 318 g/mol. The third-order valence-electron chi connectivity index (χ3n) is 3.66. The van der Waals surface area contributed by atoms with E-state index in [4.69, 9.17) is 0 Å². The normalized spacial score (nSPS) is 11.4. The molecule has 0 atom stereocenters. The van der Waals surface area contributed by atoms with Crippen molar-refractivity contribution in [3.63, 3.8) is 0 Å². The zero-order chi connectivity index (χ0) is 12.7. The van der Waals surface area contributed by atoms with E-state index in [0.717, 1.165) is 0 Å². The van der Waals surface area contributed by atoms with Crippen molar-refractivity contribution in [2.45, 2.75) is 41.5 Å². The molecule has 2 aromatic rings. The van der Waals surface area contributed by atoms with E-state index in [0.29, 0.717) is 0 Å². The van der Waals surface area contributed by atoms with E-state index in [1.165, 1.54) is 42.2 Å². The number of hydrogen-bond donors (Lipinski definition) is 2. The summed E-state index contributed by atoms with van der Waals surface area (Å²) in [6, 6.07) is 0. The van der Waals surface area contributed by atoms with Gasteiger partial charge in [-0.15, -0.1) is 0 Å². The molecular weight excluding hydrogens is 297 g/mol. The van der Waals surface area contributed by atoms with Crippen LogP contribution in [0.5, 0.6) is 0 Å². The van der Waals surface area contributed by atoms with E-state index in [9.17, 15) is 0 Å². The molecule has 0 aromatic carbocycles. The Kier molecular flexibility index (Phi) is 3.31. The second kappa shape index (κ2) is 4.46. The molecule has 2 aromatic heterocycles. The molecule has 2 heterocycles. The molecule has 0 bridgehead atoms. The average Bonchev–Trinajstić information content (AvgIpc) is 2.66. The van der Waals surface area contributed by atoms with Gasteiger partial charge in [0.05, 0.1) is 0 Å². The van der Waals surface area contributed by atoms with Crippen molar-refractivity contribution in [3.05, 3.63) is 33.6 Å². The number of nitrogens with one attached hydrogen (secondary N) is 2. The number of H-pyrrole nitrogens is 2. The summed E-state index contributed by atoms with van der Waals surface area (Å²) in [4.78, 5) is 7.07. The van der Waals surface area contributed by atoms with Crippen molar-refractivity contribution in [1.29, 1.82) is 0 Å². The summed E-state index contributed by atoms with van der Waals surface area (Å²) < 4.78 is 2.85. The standard InChI is InChI=1S/2C7H10N.Ru/c2*1-5-4-8-7(3)6(5)2;/h2*8H,1-3H3;. The second-order valence-corrected chi connectivity index (χ2v) is 6.86. The van der Waals surface area contributed by atoms with Gasteiger partial charge in [0.1, 0.15) is 0 Å². The quantitative estimate of drug-likeness (QED) is 0.796. The Hall–Kier alpha value is -0.817. The van der Waals surface area contributed by atoms with Gasteiger partial charge in [0.15, 0.2) is 0 Å². The Balaban J connectivity index is 2.38. The first-order valence-corrected chi connectivity index (χ1v) is 7.59. The molecule has 0 aliphatic carbocycles. The van der Waals surface area contributed by atoms with E-state index in [1.807, 2.05) is 0 Å². The molecule has 0 fully saturated rings. The van der Waals surface area contributed by atoms with Crippen LogP contribution in [0.3, 0.4) is 0 Å². The molecule has 94 valence electrons. The van der Waals surface area contributed by atoms with Crippen LogP contribution in [0.1, 0.15) is 33.6 Å². The van der Waals surface area contributed by atoms with E-state index < -0.39 is 0 Å². The first-order chi connectivity index (χ1) is 7.91. The molecule has 0 aliphatic rings. The SMILES string of the molecule is Cc1[nH][c]([Ru][c]2[nH]c(C)c(C)c2C)c(C)c1C. The van der Waals surface area contributed by atoms with Gasteiger partial charge in [0.25, 0.3) is 0 Å². The molecule has 2 N–H and O–H groups in total. The van der Waals surface area contributed by atoms with Crippen molar-refractivity contribution in [1.82, 2.24) is 9.97 Å². The minimum absolute atomic E-state index is 0.0806. The van der Waals surface area contributed by atoms with Crippen LogP contribution in [0, 0.1) is 41.5 Å². The van der Waals surface area contributed by atoms with Crippen molar-refractivity contribution in [3.8, 4) is 0 Å². The van der Waals surface area contributed by atoms with Crippen LogP contribution >= 0.6 is 0 Å². The van der Waals surface area contributed by atoms with Crippen LogP contribution in [0.4, 0.5) is 0 Å². The van der Waals surface area contributed by atoms with Crippen LogP contribution in [-0.2, 0) is 17.1 Å². The number of aromatic nitrogens is 2. The fourth-order valence-electron chi connectivity index (χ4n) is 1.84. The van der Waals surface area contributed by atoms with Crippen molar-refractivity contribution >= 4 is 8.58 Å². The summed E-state index contributed by atoms with van der Waals surface area (Å²) >= 11 is 0.0806. The van der Waals surface area contributed by atoms with Gasteiger partial charge in [-0.1, -0.05) is 0 Å². The fourth-order valence-corrected chi connectivity index (χ4v) is 4.45. The summed E-state index contributed by atoms with van der Waals surface area (Å²) in [7, 11) is 0. The van der Waals surface area contributed by atoms with Crippen LogP contribution < -0.4 is 8.58 Å². The predicted molar refractivity (Wildman–Crippen MR) is 69.3 cm³/mol. The molecule has 0 saturated heterocycles. The van der Waals surface area contributed by atoms with E-state index in [-0.39, 0.29) is 17.1 Å². The van der Waals surface area contributed by atoms with Gasteiger partial charge in [-0.25, -0.2) is 0 Å². The summed E-state index contributed by atoms with van der Waals surface area (Å²) in [5, 5.41) is 0. The van der Waals surface area contributed by atoms with Crippen molar-refractivity contribution < 1.29 is 17.1 Å². The van der Waals surface area contributed by atoms with Gasteiger partial charge in [0, 0.05) is 0 Å². The van der Waals surface area contributed by atoms with Crippen LogP contribution in [0.2, 0.25) is 0 Å². The van der Waals surface area contributed by atoms with E-state index in [1.54, 1.807) is 0 Å². The van der Waals surface area contributed by atoms with Gasteiger partial charge in [-0.2, -0.15) is 0 Å². The van der Waals surface area contributed by atoms with Gasteiger partial charge >= 0.3 is 111 Å². The van der Waals surface area contributed by atoms with E-state index in [2.05, 4.69) is 51.5 Å². The zero-order valence-corrected chi connectivity index (χ0v) is 13.1. The van der Waals surface area contributed by atoms with Crippen molar-refractivity contribution in [2.24, 2.45) is 0 Å². The zero-order valence-electron chi connectivity index (χ0n) is 11.4. The number of rotatable bonds is 2. The number of aromatic amines is 2.